The Balaban J connectivity index is -0.000000500. The van der Waals surface area contributed by atoms with E-state index in [1.54, 1.807) is 0 Å². The normalized spacial score (nSPS) is 12.6. The van der Waals surface area contributed by atoms with Gasteiger partial charge >= 0.3 is 59.1 Å². The first-order valence-corrected chi connectivity index (χ1v) is 5.45. The molecule has 68 valence electrons. The van der Waals surface area contributed by atoms with E-state index < -0.39 is 7.60 Å². The third kappa shape index (κ3) is 16.8. The number of hydrogen-bond donors (Lipinski definition) is 1. The molecule has 0 rings (SSSR count). The van der Waals surface area contributed by atoms with Crippen LogP contribution >= 0.6 is 7.60 Å². The van der Waals surface area contributed by atoms with Gasteiger partial charge in [0.1, 0.15) is 0 Å². The molecule has 0 saturated carbocycles. The van der Waals surface area contributed by atoms with Gasteiger partial charge in [0, 0.05) is 6.04 Å². The maximum atomic E-state index is 10.2. The van der Waals surface area contributed by atoms with Gasteiger partial charge in [-0.15, -0.1) is 0 Å². The standard InChI is InChI=1S/C6H16NO3P.2Na/c1-2-3-6(7)4-5-11(8,9)10;;/h6H,2-5,7H2,1H3,(H2,8,9,10);;/q;2*+1/p-2. The molecule has 0 fully saturated rings. The van der Waals surface area contributed by atoms with Gasteiger partial charge in [0.25, 0.3) is 0 Å². The first kappa shape index (κ1) is 20.5. The van der Waals surface area contributed by atoms with E-state index in [0.29, 0.717) is 0 Å². The van der Waals surface area contributed by atoms with Crippen LogP contribution in [0.4, 0.5) is 0 Å². The third-order valence-corrected chi connectivity index (χ3v) is 2.24. The second-order valence-corrected chi connectivity index (χ2v) is 4.34. The van der Waals surface area contributed by atoms with Crippen molar-refractivity contribution in [2.45, 2.75) is 32.2 Å². The predicted octanol–water partition coefficient (Wildman–Crippen LogP) is -6.57. The zero-order chi connectivity index (χ0) is 8.91. The van der Waals surface area contributed by atoms with Gasteiger partial charge in [-0.1, -0.05) is 20.9 Å². The fourth-order valence-electron chi connectivity index (χ4n) is 0.839. The van der Waals surface area contributed by atoms with Crippen molar-refractivity contribution in [3.05, 3.63) is 0 Å². The molecule has 0 amide bonds. The molecule has 0 bridgehead atoms. The summed E-state index contributed by atoms with van der Waals surface area (Å²) >= 11 is 0. The average molecular weight is 225 g/mol. The monoisotopic (exact) mass is 225 g/mol. The van der Waals surface area contributed by atoms with Gasteiger partial charge < -0.3 is 20.1 Å². The molecule has 0 spiro atoms. The van der Waals surface area contributed by atoms with Crippen molar-refractivity contribution in [3.8, 4) is 0 Å². The molecular formula is C6H14NNa2O3P. The van der Waals surface area contributed by atoms with Crippen LogP contribution in [-0.4, -0.2) is 12.2 Å². The number of hydrogen-bond acceptors (Lipinski definition) is 4. The van der Waals surface area contributed by atoms with Crippen molar-refractivity contribution >= 4 is 7.60 Å². The minimum atomic E-state index is -4.32. The van der Waals surface area contributed by atoms with Gasteiger partial charge in [0.05, 0.1) is 0 Å². The topological polar surface area (TPSA) is 89.2 Å². The van der Waals surface area contributed by atoms with Crippen LogP contribution in [0.1, 0.15) is 26.2 Å². The Morgan fingerprint density at radius 2 is 1.77 bits per heavy atom. The molecule has 0 aliphatic rings. The van der Waals surface area contributed by atoms with Gasteiger partial charge in [0.2, 0.25) is 0 Å². The van der Waals surface area contributed by atoms with E-state index in [1.165, 1.54) is 0 Å². The summed E-state index contributed by atoms with van der Waals surface area (Å²) in [7, 11) is -4.32. The Bertz CT molecular complexity index is 153. The third-order valence-electron chi connectivity index (χ3n) is 1.43. The quantitative estimate of drug-likeness (QED) is 0.372. The molecule has 2 N–H and O–H groups in total. The molecule has 1 unspecified atom stereocenters. The molecule has 0 aromatic rings. The Morgan fingerprint density at radius 3 is 2.08 bits per heavy atom. The summed E-state index contributed by atoms with van der Waals surface area (Å²) in [4.78, 5) is 20.3. The minimum absolute atomic E-state index is 0. The Labute approximate surface area is 124 Å². The molecule has 0 aromatic carbocycles. The van der Waals surface area contributed by atoms with E-state index in [4.69, 9.17) is 5.73 Å². The fourth-order valence-corrected chi connectivity index (χ4v) is 1.49. The Morgan fingerprint density at radius 1 is 1.31 bits per heavy atom. The number of rotatable bonds is 5. The Kier molecular flexibility index (Phi) is 16.8. The molecule has 0 aliphatic carbocycles. The maximum Gasteiger partial charge on any atom is 1.00 e. The van der Waals surface area contributed by atoms with Crippen molar-refractivity contribution in [2.75, 3.05) is 6.16 Å². The molecule has 4 nitrogen and oxygen atoms in total. The van der Waals surface area contributed by atoms with E-state index in [-0.39, 0.29) is 77.7 Å². The van der Waals surface area contributed by atoms with Crippen LogP contribution in [-0.2, 0) is 4.57 Å². The van der Waals surface area contributed by atoms with Gasteiger partial charge in [-0.3, -0.25) is 0 Å². The smallest absolute Gasteiger partial charge is 0.811 e. The van der Waals surface area contributed by atoms with Crippen molar-refractivity contribution in [2.24, 2.45) is 5.73 Å². The molecule has 0 heterocycles. The minimum Gasteiger partial charge on any atom is -0.811 e. The van der Waals surface area contributed by atoms with Crippen molar-refractivity contribution < 1.29 is 73.5 Å². The molecule has 7 heteroatoms. The summed E-state index contributed by atoms with van der Waals surface area (Å²) in [5.74, 6) is 0. The zero-order valence-electron chi connectivity index (χ0n) is 8.66. The van der Waals surface area contributed by atoms with Crippen LogP contribution in [0, 0.1) is 0 Å². The molecule has 1 atom stereocenters. The fraction of sp³-hybridized carbons (Fsp3) is 1.00. The van der Waals surface area contributed by atoms with Crippen molar-refractivity contribution in [3.63, 3.8) is 0 Å². The predicted molar refractivity (Wildman–Crippen MR) is 40.0 cm³/mol. The van der Waals surface area contributed by atoms with Crippen LogP contribution in [0.15, 0.2) is 0 Å². The summed E-state index contributed by atoms with van der Waals surface area (Å²) in [6, 6.07) is -0.142. The van der Waals surface area contributed by atoms with Crippen molar-refractivity contribution in [1.82, 2.24) is 0 Å². The first-order chi connectivity index (χ1) is 4.95. The molecule has 0 radical (unpaired) electrons. The van der Waals surface area contributed by atoms with E-state index in [0.717, 1.165) is 12.8 Å². The average Bonchev–Trinajstić information content (AvgIpc) is 1.83. The Hall–Kier alpha value is 2.11. The van der Waals surface area contributed by atoms with E-state index in [9.17, 15) is 14.4 Å². The summed E-state index contributed by atoms with van der Waals surface area (Å²) in [5, 5.41) is 0. The first-order valence-electron chi connectivity index (χ1n) is 3.72. The summed E-state index contributed by atoms with van der Waals surface area (Å²) < 4.78 is 10.2. The molecule has 0 aromatic heterocycles. The van der Waals surface area contributed by atoms with Gasteiger partial charge in [0.15, 0.2) is 0 Å². The largest absolute Gasteiger partial charge is 1.00 e. The van der Waals surface area contributed by atoms with E-state index in [1.807, 2.05) is 6.92 Å². The van der Waals surface area contributed by atoms with Crippen LogP contribution in [0.2, 0.25) is 0 Å². The SMILES string of the molecule is CCCC(N)CCP(=O)([O-])[O-].[Na+].[Na+]. The van der Waals surface area contributed by atoms with Crippen LogP contribution in [0.25, 0.3) is 0 Å². The maximum absolute atomic E-state index is 10.2. The molecule has 0 saturated heterocycles. The van der Waals surface area contributed by atoms with E-state index in [2.05, 4.69) is 0 Å². The van der Waals surface area contributed by atoms with Gasteiger partial charge in [-0.2, -0.15) is 0 Å². The van der Waals surface area contributed by atoms with E-state index >= 15 is 0 Å². The zero-order valence-corrected chi connectivity index (χ0v) is 13.5. The number of nitrogens with two attached hydrogens (primary N) is 1. The second-order valence-electron chi connectivity index (χ2n) is 2.67. The van der Waals surface area contributed by atoms with Gasteiger partial charge in [-0.25, -0.2) is 0 Å². The molecule has 0 aliphatic heterocycles. The molecular weight excluding hydrogens is 211 g/mol. The summed E-state index contributed by atoms with van der Waals surface area (Å²) in [6.45, 7) is 1.97. The van der Waals surface area contributed by atoms with Crippen LogP contribution in [0.5, 0.6) is 0 Å². The van der Waals surface area contributed by atoms with Crippen molar-refractivity contribution in [1.29, 1.82) is 0 Å². The van der Waals surface area contributed by atoms with Crippen LogP contribution in [0.3, 0.4) is 0 Å². The summed E-state index contributed by atoms with van der Waals surface area (Å²) in [5.41, 5.74) is 5.49. The molecule has 13 heavy (non-hydrogen) atoms. The summed E-state index contributed by atoms with van der Waals surface area (Å²) in [6.07, 6.45) is 1.68. The second kappa shape index (κ2) is 10.6. The van der Waals surface area contributed by atoms with Crippen LogP contribution < -0.4 is 74.6 Å². The van der Waals surface area contributed by atoms with Gasteiger partial charge in [-0.05, 0) is 19.0 Å².